The molecule has 0 aromatic rings. The summed E-state index contributed by atoms with van der Waals surface area (Å²) in [4.78, 5) is 0. The average Bonchev–Trinajstić information content (AvgIpc) is 2.03. The molecule has 2 unspecified atom stereocenters. The minimum atomic E-state index is -1.38. The van der Waals surface area contributed by atoms with Crippen LogP contribution in [0.25, 0.3) is 0 Å². The Morgan fingerprint density at radius 2 is 2.08 bits per heavy atom. The molecule has 13 heavy (non-hydrogen) atoms. The molecule has 2 atom stereocenters. The maximum atomic E-state index is 13.7. The third kappa shape index (κ3) is 3.11. The number of halogens is 1. The van der Waals surface area contributed by atoms with Gasteiger partial charge in [0.2, 0.25) is 0 Å². The van der Waals surface area contributed by atoms with Crippen LogP contribution in [0.15, 0.2) is 12.2 Å². The van der Waals surface area contributed by atoms with Gasteiger partial charge in [-0.3, -0.25) is 0 Å². The fraction of sp³-hybridized carbons (Fsp3) is 0.818. The number of aliphatic hydroxyl groups is 1. The van der Waals surface area contributed by atoms with Crippen molar-refractivity contribution in [3.05, 3.63) is 12.2 Å². The Labute approximate surface area is 79.7 Å². The van der Waals surface area contributed by atoms with Crippen molar-refractivity contribution in [2.75, 3.05) is 6.61 Å². The molecule has 0 fully saturated rings. The second kappa shape index (κ2) is 4.75. The molecule has 1 nitrogen and oxygen atoms in total. The highest BCUT2D eigenvalue weighted by Gasteiger charge is 2.32. The van der Waals surface area contributed by atoms with Gasteiger partial charge in [0.25, 0.3) is 0 Å². The highest BCUT2D eigenvalue weighted by atomic mass is 19.1. The monoisotopic (exact) mass is 186 g/mol. The van der Waals surface area contributed by atoms with Gasteiger partial charge >= 0.3 is 0 Å². The van der Waals surface area contributed by atoms with Gasteiger partial charge in [-0.05, 0) is 44.9 Å². The van der Waals surface area contributed by atoms with Crippen molar-refractivity contribution in [3.63, 3.8) is 0 Å². The SMILES string of the molecule is CC(F)(CO)C1CC/C=C\CCC1. The van der Waals surface area contributed by atoms with E-state index in [0.717, 1.165) is 32.1 Å². The van der Waals surface area contributed by atoms with Crippen LogP contribution >= 0.6 is 0 Å². The Kier molecular flexibility index (Phi) is 3.91. The molecule has 1 aliphatic rings. The smallest absolute Gasteiger partial charge is 0.134 e. The van der Waals surface area contributed by atoms with Crippen LogP contribution in [-0.4, -0.2) is 17.4 Å². The van der Waals surface area contributed by atoms with Crippen molar-refractivity contribution in [2.24, 2.45) is 5.92 Å². The van der Waals surface area contributed by atoms with E-state index in [1.54, 1.807) is 0 Å². The molecule has 0 aromatic carbocycles. The fourth-order valence-corrected chi connectivity index (χ4v) is 1.89. The minimum absolute atomic E-state index is 0.0300. The number of hydrogen-bond donors (Lipinski definition) is 1. The molecule has 2 heteroatoms. The van der Waals surface area contributed by atoms with Crippen LogP contribution in [0.4, 0.5) is 4.39 Å². The van der Waals surface area contributed by atoms with E-state index in [4.69, 9.17) is 5.11 Å². The first-order valence-electron chi connectivity index (χ1n) is 5.11. The molecule has 0 bridgehead atoms. The maximum Gasteiger partial charge on any atom is 0.134 e. The summed E-state index contributed by atoms with van der Waals surface area (Å²) in [6.45, 7) is 1.17. The van der Waals surface area contributed by atoms with Crippen LogP contribution in [0.1, 0.15) is 39.0 Å². The predicted octanol–water partition coefficient (Wildman–Crippen LogP) is 2.84. The van der Waals surface area contributed by atoms with Gasteiger partial charge in [-0.2, -0.15) is 0 Å². The van der Waals surface area contributed by atoms with Gasteiger partial charge in [0.1, 0.15) is 5.67 Å². The van der Waals surface area contributed by atoms with Crippen molar-refractivity contribution < 1.29 is 9.50 Å². The van der Waals surface area contributed by atoms with Crippen molar-refractivity contribution in [3.8, 4) is 0 Å². The quantitative estimate of drug-likeness (QED) is 0.657. The second-order valence-corrected chi connectivity index (χ2v) is 4.11. The summed E-state index contributed by atoms with van der Waals surface area (Å²) < 4.78 is 13.7. The number of allylic oxidation sites excluding steroid dienone is 2. The minimum Gasteiger partial charge on any atom is -0.393 e. The standard InChI is InChI=1S/C11H19FO/c1-11(12,9-13)10-7-5-3-2-4-6-8-10/h2-3,10,13H,4-9H2,1H3/b3-2-. The molecule has 1 N–H and O–H groups in total. The molecule has 0 aromatic heterocycles. The first kappa shape index (κ1) is 10.7. The molecule has 0 aliphatic heterocycles. The normalized spacial score (nSPS) is 31.5. The highest BCUT2D eigenvalue weighted by Crippen LogP contribution is 2.31. The average molecular weight is 186 g/mol. The first-order chi connectivity index (χ1) is 6.17. The van der Waals surface area contributed by atoms with E-state index in [1.807, 2.05) is 0 Å². The van der Waals surface area contributed by atoms with E-state index >= 15 is 0 Å². The van der Waals surface area contributed by atoms with Crippen molar-refractivity contribution in [1.29, 1.82) is 0 Å². The van der Waals surface area contributed by atoms with Gasteiger partial charge in [-0.25, -0.2) is 4.39 Å². The summed E-state index contributed by atoms with van der Waals surface area (Å²) in [6, 6.07) is 0. The lowest BCUT2D eigenvalue weighted by molar-refractivity contribution is 0.0235. The van der Waals surface area contributed by atoms with E-state index in [0.29, 0.717) is 0 Å². The Hall–Kier alpha value is -0.370. The topological polar surface area (TPSA) is 20.2 Å². The fourth-order valence-electron chi connectivity index (χ4n) is 1.89. The molecule has 1 aliphatic carbocycles. The molecule has 76 valence electrons. The van der Waals surface area contributed by atoms with Crippen molar-refractivity contribution in [2.45, 2.75) is 44.7 Å². The third-order valence-corrected chi connectivity index (χ3v) is 2.93. The summed E-state index contributed by atoms with van der Waals surface area (Å²) >= 11 is 0. The summed E-state index contributed by atoms with van der Waals surface area (Å²) in [7, 11) is 0. The van der Waals surface area contributed by atoms with Crippen molar-refractivity contribution >= 4 is 0 Å². The van der Waals surface area contributed by atoms with E-state index in [1.165, 1.54) is 6.92 Å². The Morgan fingerprint density at radius 3 is 2.77 bits per heavy atom. The molecule has 0 amide bonds. The van der Waals surface area contributed by atoms with Crippen LogP contribution in [0, 0.1) is 5.92 Å². The van der Waals surface area contributed by atoms with Gasteiger partial charge in [0, 0.05) is 0 Å². The lowest BCUT2D eigenvalue weighted by Gasteiger charge is -2.29. The van der Waals surface area contributed by atoms with Crippen LogP contribution in [0.5, 0.6) is 0 Å². The summed E-state index contributed by atoms with van der Waals surface area (Å²) in [5.74, 6) is 0.0300. The zero-order valence-corrected chi connectivity index (χ0v) is 8.30. The van der Waals surface area contributed by atoms with Gasteiger partial charge in [-0.15, -0.1) is 0 Å². The zero-order valence-electron chi connectivity index (χ0n) is 8.30. The van der Waals surface area contributed by atoms with E-state index in [-0.39, 0.29) is 12.5 Å². The molecule has 0 saturated carbocycles. The molecule has 0 heterocycles. The summed E-state index contributed by atoms with van der Waals surface area (Å²) in [5, 5.41) is 8.92. The largest absolute Gasteiger partial charge is 0.393 e. The molecule has 0 saturated heterocycles. The number of rotatable bonds is 2. The lowest BCUT2D eigenvalue weighted by Crippen LogP contribution is -2.34. The zero-order chi connectivity index (χ0) is 9.73. The predicted molar refractivity (Wildman–Crippen MR) is 52.3 cm³/mol. The van der Waals surface area contributed by atoms with E-state index in [2.05, 4.69) is 12.2 Å². The lowest BCUT2D eigenvalue weighted by atomic mass is 9.82. The molecule has 1 rings (SSSR count). The van der Waals surface area contributed by atoms with Gasteiger partial charge in [0.05, 0.1) is 6.61 Å². The Balaban J connectivity index is 2.52. The van der Waals surface area contributed by atoms with Crippen LogP contribution in [0.2, 0.25) is 0 Å². The number of alkyl halides is 1. The summed E-state index contributed by atoms with van der Waals surface area (Å²) in [5.41, 5.74) is -1.38. The Bertz CT molecular complexity index is 175. The molecule has 0 radical (unpaired) electrons. The van der Waals surface area contributed by atoms with Crippen molar-refractivity contribution in [1.82, 2.24) is 0 Å². The third-order valence-electron chi connectivity index (χ3n) is 2.93. The molecule has 0 spiro atoms. The highest BCUT2D eigenvalue weighted by molar-refractivity contribution is 4.90. The van der Waals surface area contributed by atoms with Gasteiger partial charge in [0.15, 0.2) is 0 Å². The van der Waals surface area contributed by atoms with Crippen LogP contribution in [0.3, 0.4) is 0 Å². The van der Waals surface area contributed by atoms with E-state index in [9.17, 15) is 4.39 Å². The number of hydrogen-bond acceptors (Lipinski definition) is 1. The molecular weight excluding hydrogens is 167 g/mol. The Morgan fingerprint density at radius 1 is 1.38 bits per heavy atom. The van der Waals surface area contributed by atoms with E-state index < -0.39 is 5.67 Å². The van der Waals surface area contributed by atoms with Gasteiger partial charge < -0.3 is 5.11 Å². The summed E-state index contributed by atoms with van der Waals surface area (Å²) in [6.07, 6.45) is 9.11. The second-order valence-electron chi connectivity index (χ2n) is 4.11. The van der Waals surface area contributed by atoms with Crippen LogP contribution in [-0.2, 0) is 0 Å². The maximum absolute atomic E-state index is 13.7. The molecular formula is C11H19FO. The first-order valence-corrected chi connectivity index (χ1v) is 5.11. The van der Waals surface area contributed by atoms with Gasteiger partial charge in [-0.1, -0.05) is 12.2 Å². The van der Waals surface area contributed by atoms with Crippen LogP contribution < -0.4 is 0 Å². The number of aliphatic hydroxyl groups excluding tert-OH is 1.